The maximum Gasteiger partial charge on any atom is 0.339 e. The minimum atomic E-state index is -0.698. The minimum Gasteiger partial charge on any atom is -0.461 e. The first-order chi connectivity index (χ1) is 33.0. The van der Waals surface area contributed by atoms with Crippen LogP contribution in [0.1, 0.15) is 38.1 Å². The number of nitrogens with one attached hydrogen (secondary N) is 3. The van der Waals surface area contributed by atoms with Crippen LogP contribution in [0.5, 0.6) is 12.0 Å². The highest BCUT2D eigenvalue weighted by molar-refractivity contribution is 6.02. The fraction of sp³-hybridized carbons (Fsp3) is 0.319. The van der Waals surface area contributed by atoms with Gasteiger partial charge in [-0.15, -0.1) is 0 Å². The van der Waals surface area contributed by atoms with Crippen LogP contribution in [0.15, 0.2) is 97.3 Å². The first kappa shape index (κ1) is 46.5. The van der Waals surface area contributed by atoms with E-state index in [1.807, 2.05) is 37.5 Å². The van der Waals surface area contributed by atoms with E-state index in [2.05, 4.69) is 40.9 Å². The Kier molecular flexibility index (Phi) is 15.0. The molecular weight excluding hydrogens is 875 g/mol. The van der Waals surface area contributed by atoms with Gasteiger partial charge in [0.05, 0.1) is 44.2 Å². The molecule has 3 N–H and O–H groups in total. The van der Waals surface area contributed by atoms with Crippen molar-refractivity contribution in [2.45, 2.75) is 39.9 Å². The van der Waals surface area contributed by atoms with Gasteiger partial charge < -0.3 is 49.4 Å². The molecule has 8 rings (SSSR count). The third kappa shape index (κ3) is 12.4. The number of morpholine rings is 2. The summed E-state index contributed by atoms with van der Waals surface area (Å²) in [5.41, 5.74) is 3.40. The number of hydrogen-bond acceptors (Lipinski definition) is 17. The molecule has 21 heteroatoms. The lowest BCUT2D eigenvalue weighted by Crippen LogP contribution is -2.37. The van der Waals surface area contributed by atoms with Gasteiger partial charge >= 0.3 is 30.1 Å². The Labute approximate surface area is 392 Å². The monoisotopic (exact) mass is 925 g/mol. The van der Waals surface area contributed by atoms with Crippen LogP contribution in [0.4, 0.5) is 44.2 Å². The van der Waals surface area contributed by atoms with Crippen molar-refractivity contribution in [1.29, 1.82) is 0 Å². The van der Waals surface area contributed by atoms with E-state index in [0.717, 1.165) is 0 Å². The number of aromatic nitrogens is 7. The average molecular weight is 926 g/mol. The molecule has 4 amide bonds. The number of hydrogen-bond donors (Lipinski definition) is 3. The first-order valence-electron chi connectivity index (χ1n) is 22.1. The summed E-state index contributed by atoms with van der Waals surface area (Å²) in [4.78, 5) is 77.0. The van der Waals surface area contributed by atoms with Crippen molar-refractivity contribution >= 4 is 52.7 Å². The van der Waals surface area contributed by atoms with Gasteiger partial charge in [0.25, 0.3) is 0 Å². The summed E-state index contributed by atoms with van der Waals surface area (Å²) in [5.74, 6) is 1.10. The molecule has 0 spiro atoms. The topological polar surface area (TPSA) is 233 Å². The molecule has 3 aromatic heterocycles. The number of rotatable bonds is 15. The Bertz CT molecular complexity index is 2650. The molecule has 21 nitrogen and oxygen atoms in total. The number of esters is 1. The van der Waals surface area contributed by atoms with Gasteiger partial charge in [0.15, 0.2) is 18.4 Å². The normalized spacial score (nSPS) is 13.7. The van der Waals surface area contributed by atoms with Crippen molar-refractivity contribution in [3.63, 3.8) is 0 Å². The zero-order valence-corrected chi connectivity index (χ0v) is 38.0. The molecule has 0 aliphatic carbocycles. The maximum atomic E-state index is 13.7. The van der Waals surface area contributed by atoms with Crippen molar-refractivity contribution in [2.75, 3.05) is 90.0 Å². The second-order valence-corrected chi connectivity index (χ2v) is 16.0. The predicted molar refractivity (Wildman–Crippen MR) is 253 cm³/mol. The molecule has 352 valence electrons. The zero-order chi connectivity index (χ0) is 47.4. The van der Waals surface area contributed by atoms with Crippen LogP contribution in [0.2, 0.25) is 0 Å². The average Bonchev–Trinajstić information content (AvgIpc) is 3.35. The van der Waals surface area contributed by atoms with Crippen LogP contribution in [-0.4, -0.2) is 124 Å². The molecule has 0 radical (unpaired) electrons. The first-order valence-corrected chi connectivity index (χ1v) is 22.1. The zero-order valence-electron chi connectivity index (χ0n) is 38.0. The molecule has 3 aromatic carbocycles. The second kappa shape index (κ2) is 22.0. The number of carbonyl (C=O) groups is 3. The van der Waals surface area contributed by atoms with Gasteiger partial charge in [-0.05, 0) is 113 Å². The minimum absolute atomic E-state index is 0.130. The number of carbonyl (C=O) groups excluding carboxylic acids is 3. The van der Waals surface area contributed by atoms with Crippen molar-refractivity contribution in [1.82, 2.24) is 34.9 Å². The second-order valence-electron chi connectivity index (χ2n) is 16.0. The summed E-state index contributed by atoms with van der Waals surface area (Å²) in [6.45, 7) is 12.0. The Hall–Kier alpha value is -8.04. The third-order valence-corrected chi connectivity index (χ3v) is 10.2. The molecule has 2 fully saturated rings. The van der Waals surface area contributed by atoms with E-state index >= 15 is 0 Å². The van der Waals surface area contributed by atoms with Crippen molar-refractivity contribution in [3.8, 4) is 34.8 Å². The molecule has 6 aromatic rings. The number of pyridine rings is 1. The summed E-state index contributed by atoms with van der Waals surface area (Å²) in [6, 6.07) is 22.8. The number of benzene rings is 3. The van der Waals surface area contributed by atoms with E-state index < -0.39 is 24.8 Å². The third-order valence-electron chi connectivity index (χ3n) is 10.2. The van der Waals surface area contributed by atoms with Crippen LogP contribution in [0.25, 0.3) is 22.8 Å². The standard InChI is InChI=1S/C47H51N13O8/c1-30(2)67-45-54-39(52-42(56-45)58-21-25-64-26-22-58)32-5-11-35(12-6-32)49-44(62)50-36-13-7-34(8-14-36)41(61)66-29-60(47(63)51-37-17-19-48-20-18-37)38-15-9-33(10-16-38)40-53-43(59-23-27-65-28-24-59)57-46(55-40)68-31(3)4/h5-20,30-31H,21-29H2,1-4H3,(H,48,51,63)(H2,49,50,62). The molecule has 0 atom stereocenters. The van der Waals surface area contributed by atoms with E-state index in [1.54, 1.807) is 85.2 Å². The number of ether oxygens (including phenoxy) is 5. The molecule has 68 heavy (non-hydrogen) atoms. The molecular formula is C47H51N13O8. The summed E-state index contributed by atoms with van der Waals surface area (Å²) in [5, 5.41) is 8.40. The molecule has 0 saturated carbocycles. The van der Waals surface area contributed by atoms with Crippen molar-refractivity contribution in [3.05, 3.63) is 103 Å². The van der Waals surface area contributed by atoms with Gasteiger partial charge in [0.1, 0.15) is 0 Å². The smallest absolute Gasteiger partial charge is 0.339 e. The Morgan fingerprint density at radius 1 is 0.588 bits per heavy atom. The Morgan fingerprint density at radius 3 is 1.53 bits per heavy atom. The van der Waals surface area contributed by atoms with Crippen LogP contribution in [0.3, 0.4) is 0 Å². The summed E-state index contributed by atoms with van der Waals surface area (Å²) >= 11 is 0. The molecule has 2 aliphatic rings. The predicted octanol–water partition coefficient (Wildman–Crippen LogP) is 6.53. The molecule has 0 bridgehead atoms. The fourth-order valence-electron chi connectivity index (χ4n) is 6.85. The number of urea groups is 2. The summed E-state index contributed by atoms with van der Waals surface area (Å²) < 4.78 is 28.4. The number of nitrogens with zero attached hydrogens (tertiary/aromatic N) is 10. The maximum absolute atomic E-state index is 13.7. The SMILES string of the molecule is CC(C)Oc1nc(-c2ccc(NC(=O)Nc3ccc(C(=O)OCN(C(=O)Nc4ccncc4)c4ccc(-c5nc(OC(C)C)nc(N6CCOCC6)n5)cc4)cc3)cc2)nc(N2CCOCC2)n1. The van der Waals surface area contributed by atoms with E-state index in [4.69, 9.17) is 33.7 Å². The van der Waals surface area contributed by atoms with Crippen LogP contribution in [-0.2, 0) is 14.2 Å². The largest absolute Gasteiger partial charge is 0.461 e. The highest BCUT2D eigenvalue weighted by Crippen LogP contribution is 2.27. The number of anilines is 6. The quantitative estimate of drug-likeness (QED) is 0.0734. The number of amides is 4. The Morgan fingerprint density at radius 2 is 1.04 bits per heavy atom. The Balaban J connectivity index is 0.905. The van der Waals surface area contributed by atoms with Gasteiger partial charge in [-0.3, -0.25) is 9.88 Å². The van der Waals surface area contributed by atoms with Crippen LogP contribution < -0.4 is 40.1 Å². The summed E-state index contributed by atoms with van der Waals surface area (Å²) in [7, 11) is 0. The molecule has 2 aliphatic heterocycles. The highest BCUT2D eigenvalue weighted by Gasteiger charge is 2.23. The van der Waals surface area contributed by atoms with E-state index in [1.165, 1.54) is 17.0 Å². The summed E-state index contributed by atoms with van der Waals surface area (Å²) in [6.07, 6.45) is 2.80. The lowest BCUT2D eigenvalue weighted by Gasteiger charge is -2.27. The van der Waals surface area contributed by atoms with Gasteiger partial charge in [-0.2, -0.15) is 29.9 Å². The van der Waals surface area contributed by atoms with Gasteiger partial charge in [-0.25, -0.2) is 14.4 Å². The lowest BCUT2D eigenvalue weighted by molar-refractivity contribution is 0.0513. The highest BCUT2D eigenvalue weighted by atomic mass is 16.5. The molecule has 5 heterocycles. The van der Waals surface area contributed by atoms with E-state index in [0.29, 0.717) is 110 Å². The van der Waals surface area contributed by atoms with Crippen LogP contribution >= 0.6 is 0 Å². The lowest BCUT2D eigenvalue weighted by atomic mass is 10.2. The van der Waals surface area contributed by atoms with E-state index in [-0.39, 0.29) is 29.8 Å². The van der Waals surface area contributed by atoms with Gasteiger partial charge in [-0.1, -0.05) is 0 Å². The van der Waals surface area contributed by atoms with Crippen LogP contribution in [0, 0.1) is 0 Å². The van der Waals surface area contributed by atoms with Gasteiger partial charge in [0, 0.05) is 72.4 Å². The molecule has 2 saturated heterocycles. The van der Waals surface area contributed by atoms with E-state index in [9.17, 15) is 14.4 Å². The van der Waals surface area contributed by atoms with Gasteiger partial charge in [0.2, 0.25) is 11.9 Å². The fourth-order valence-corrected chi connectivity index (χ4v) is 6.85. The molecule has 0 unspecified atom stereocenters. The van der Waals surface area contributed by atoms with Crippen molar-refractivity contribution in [2.24, 2.45) is 0 Å². The van der Waals surface area contributed by atoms with Crippen molar-refractivity contribution < 1.29 is 38.1 Å².